The molecule has 2 heterocycles. The smallest absolute Gasteiger partial charge is 0.250 e. The standard InChI is InChI=1S/C16H23N3O2.2ClH/c20-16(18-10-14-8-17-9-14)15-12-19(6-7-21-15)11-13-4-2-1-3-5-13;;/h1-5,14-15,17H,6-12H2,(H,18,20);2*1H. The average molecular weight is 362 g/mol. The van der Waals surface area contributed by atoms with Crippen LogP contribution in [-0.2, 0) is 16.1 Å². The summed E-state index contributed by atoms with van der Waals surface area (Å²) in [6.45, 7) is 5.81. The zero-order valence-corrected chi connectivity index (χ0v) is 14.7. The van der Waals surface area contributed by atoms with Gasteiger partial charge in [0.05, 0.1) is 6.61 Å². The fourth-order valence-electron chi connectivity index (χ4n) is 2.70. The molecule has 0 bridgehead atoms. The summed E-state index contributed by atoms with van der Waals surface area (Å²) in [5, 5.41) is 6.22. The van der Waals surface area contributed by atoms with Crippen molar-refractivity contribution >= 4 is 30.7 Å². The van der Waals surface area contributed by atoms with Crippen LogP contribution >= 0.6 is 24.8 Å². The summed E-state index contributed by atoms with van der Waals surface area (Å²) in [6.07, 6.45) is -0.338. The highest BCUT2D eigenvalue weighted by molar-refractivity contribution is 5.85. The van der Waals surface area contributed by atoms with Crippen molar-refractivity contribution in [2.24, 2.45) is 5.92 Å². The van der Waals surface area contributed by atoms with Gasteiger partial charge in [-0.15, -0.1) is 24.8 Å². The minimum atomic E-state index is -0.338. The molecular weight excluding hydrogens is 337 g/mol. The number of hydrogen-bond acceptors (Lipinski definition) is 4. The molecule has 2 saturated heterocycles. The van der Waals surface area contributed by atoms with E-state index in [0.717, 1.165) is 32.7 Å². The molecule has 1 aromatic rings. The number of halogens is 2. The maximum Gasteiger partial charge on any atom is 0.250 e. The van der Waals surface area contributed by atoms with Gasteiger partial charge in [-0.3, -0.25) is 9.69 Å². The van der Waals surface area contributed by atoms with Gasteiger partial charge < -0.3 is 15.4 Å². The lowest BCUT2D eigenvalue weighted by Gasteiger charge is -2.33. The summed E-state index contributed by atoms with van der Waals surface area (Å²) < 4.78 is 5.62. The molecule has 2 N–H and O–H groups in total. The lowest BCUT2D eigenvalue weighted by Crippen LogP contribution is -2.53. The van der Waals surface area contributed by atoms with Crippen molar-refractivity contribution in [3.05, 3.63) is 35.9 Å². The van der Waals surface area contributed by atoms with Crippen molar-refractivity contribution < 1.29 is 9.53 Å². The maximum atomic E-state index is 12.2. The second-order valence-electron chi connectivity index (χ2n) is 5.85. The fourth-order valence-corrected chi connectivity index (χ4v) is 2.70. The quantitative estimate of drug-likeness (QED) is 0.823. The minimum Gasteiger partial charge on any atom is -0.366 e. The zero-order chi connectivity index (χ0) is 14.5. The zero-order valence-electron chi connectivity index (χ0n) is 13.1. The van der Waals surface area contributed by atoms with Crippen LogP contribution in [0.4, 0.5) is 0 Å². The molecule has 130 valence electrons. The van der Waals surface area contributed by atoms with Gasteiger partial charge in [-0.25, -0.2) is 0 Å². The number of nitrogens with one attached hydrogen (secondary N) is 2. The Bertz CT molecular complexity index is 472. The molecule has 3 rings (SSSR count). The second-order valence-corrected chi connectivity index (χ2v) is 5.85. The molecule has 0 spiro atoms. The van der Waals surface area contributed by atoms with E-state index in [-0.39, 0.29) is 36.8 Å². The molecule has 7 heteroatoms. The molecule has 1 amide bonds. The van der Waals surface area contributed by atoms with Gasteiger partial charge in [0.25, 0.3) is 0 Å². The Balaban J connectivity index is 0.00000132. The third kappa shape index (κ3) is 5.94. The van der Waals surface area contributed by atoms with E-state index in [1.54, 1.807) is 0 Å². The predicted octanol–water partition coefficient (Wildman–Crippen LogP) is 1.07. The molecule has 2 fully saturated rings. The highest BCUT2D eigenvalue weighted by atomic mass is 35.5. The van der Waals surface area contributed by atoms with E-state index < -0.39 is 0 Å². The summed E-state index contributed by atoms with van der Waals surface area (Å²) >= 11 is 0. The van der Waals surface area contributed by atoms with Gasteiger partial charge in [0.15, 0.2) is 0 Å². The molecule has 5 nitrogen and oxygen atoms in total. The Kier molecular flexibility index (Phi) is 8.87. The molecule has 0 aromatic heterocycles. The molecule has 0 saturated carbocycles. The summed E-state index contributed by atoms with van der Waals surface area (Å²) in [6, 6.07) is 10.4. The molecular formula is C16H25Cl2N3O2. The topological polar surface area (TPSA) is 53.6 Å². The van der Waals surface area contributed by atoms with Crippen molar-refractivity contribution in [2.45, 2.75) is 12.6 Å². The number of carbonyl (C=O) groups is 1. The van der Waals surface area contributed by atoms with Crippen molar-refractivity contribution in [3.8, 4) is 0 Å². The number of amides is 1. The van der Waals surface area contributed by atoms with E-state index >= 15 is 0 Å². The molecule has 0 aliphatic carbocycles. The first-order valence-electron chi connectivity index (χ1n) is 7.67. The summed E-state index contributed by atoms with van der Waals surface area (Å²) in [7, 11) is 0. The second kappa shape index (κ2) is 10.1. The summed E-state index contributed by atoms with van der Waals surface area (Å²) in [5.74, 6) is 0.609. The van der Waals surface area contributed by atoms with Crippen LogP contribution in [0.3, 0.4) is 0 Å². The van der Waals surface area contributed by atoms with Crippen LogP contribution in [0.1, 0.15) is 5.56 Å². The monoisotopic (exact) mass is 361 g/mol. The fraction of sp³-hybridized carbons (Fsp3) is 0.562. The van der Waals surface area contributed by atoms with Crippen molar-refractivity contribution in [1.29, 1.82) is 0 Å². The average Bonchev–Trinajstić information content (AvgIpc) is 2.47. The molecule has 1 atom stereocenters. The molecule has 1 aromatic carbocycles. The van der Waals surface area contributed by atoms with E-state index in [9.17, 15) is 4.79 Å². The third-order valence-electron chi connectivity index (χ3n) is 4.12. The molecule has 23 heavy (non-hydrogen) atoms. The van der Waals surface area contributed by atoms with E-state index in [0.29, 0.717) is 19.1 Å². The highest BCUT2D eigenvalue weighted by Crippen LogP contribution is 2.11. The molecule has 2 aliphatic heterocycles. The Hall–Kier alpha value is -0.850. The normalized spacial score (nSPS) is 21.5. The summed E-state index contributed by atoms with van der Waals surface area (Å²) in [5.41, 5.74) is 1.28. The first-order valence-corrected chi connectivity index (χ1v) is 7.67. The van der Waals surface area contributed by atoms with Gasteiger partial charge in [0, 0.05) is 45.2 Å². The van der Waals surface area contributed by atoms with Crippen molar-refractivity contribution in [3.63, 3.8) is 0 Å². The van der Waals surface area contributed by atoms with Crippen molar-refractivity contribution in [1.82, 2.24) is 15.5 Å². The van der Waals surface area contributed by atoms with Crippen LogP contribution in [0.25, 0.3) is 0 Å². The number of morpholine rings is 1. The number of carbonyl (C=O) groups excluding carboxylic acids is 1. The Morgan fingerprint density at radius 2 is 2.00 bits per heavy atom. The lowest BCUT2D eigenvalue weighted by molar-refractivity contribution is -0.139. The number of rotatable bonds is 5. The first kappa shape index (κ1) is 20.2. The molecule has 0 radical (unpaired) electrons. The van der Waals surface area contributed by atoms with Crippen LogP contribution in [0, 0.1) is 5.92 Å². The van der Waals surface area contributed by atoms with Crippen LogP contribution < -0.4 is 10.6 Å². The van der Waals surface area contributed by atoms with Gasteiger partial charge >= 0.3 is 0 Å². The minimum absolute atomic E-state index is 0. The number of ether oxygens (including phenoxy) is 1. The van der Waals surface area contributed by atoms with Gasteiger partial charge in [0.2, 0.25) is 5.91 Å². The van der Waals surface area contributed by atoms with Crippen LogP contribution in [0.15, 0.2) is 30.3 Å². The lowest BCUT2D eigenvalue weighted by atomic mass is 10.0. The Morgan fingerprint density at radius 3 is 2.65 bits per heavy atom. The largest absolute Gasteiger partial charge is 0.366 e. The van der Waals surface area contributed by atoms with Crippen molar-refractivity contribution in [2.75, 3.05) is 39.3 Å². The number of nitrogens with zero attached hydrogens (tertiary/aromatic N) is 1. The van der Waals surface area contributed by atoms with Gasteiger partial charge in [0.1, 0.15) is 6.10 Å². The Labute approximate surface area is 150 Å². The SMILES string of the molecule is Cl.Cl.O=C(NCC1CNC1)C1CN(Cc2ccccc2)CCO1. The molecule has 1 unspecified atom stereocenters. The van der Waals surface area contributed by atoms with E-state index in [4.69, 9.17) is 4.74 Å². The third-order valence-corrected chi connectivity index (χ3v) is 4.12. The predicted molar refractivity (Wildman–Crippen MR) is 95.3 cm³/mol. The number of hydrogen-bond donors (Lipinski definition) is 2. The number of benzene rings is 1. The van der Waals surface area contributed by atoms with E-state index in [1.807, 2.05) is 18.2 Å². The highest BCUT2D eigenvalue weighted by Gasteiger charge is 2.27. The van der Waals surface area contributed by atoms with Gasteiger partial charge in [-0.05, 0) is 5.56 Å². The van der Waals surface area contributed by atoms with Gasteiger partial charge in [-0.1, -0.05) is 30.3 Å². The van der Waals surface area contributed by atoms with Crippen LogP contribution in [0.5, 0.6) is 0 Å². The van der Waals surface area contributed by atoms with Gasteiger partial charge in [-0.2, -0.15) is 0 Å². The Morgan fingerprint density at radius 1 is 1.26 bits per heavy atom. The summed E-state index contributed by atoms with van der Waals surface area (Å²) in [4.78, 5) is 14.4. The first-order chi connectivity index (χ1) is 10.3. The van der Waals surface area contributed by atoms with E-state index in [2.05, 4.69) is 27.7 Å². The molecule has 2 aliphatic rings. The van der Waals surface area contributed by atoms with Crippen LogP contribution in [0.2, 0.25) is 0 Å². The maximum absolute atomic E-state index is 12.2. The van der Waals surface area contributed by atoms with E-state index in [1.165, 1.54) is 5.56 Å². The van der Waals surface area contributed by atoms with Crippen LogP contribution in [-0.4, -0.2) is 56.2 Å².